The zero-order chi connectivity index (χ0) is 15.7. The highest BCUT2D eigenvalue weighted by molar-refractivity contribution is 7.88. The minimum atomic E-state index is -3.15. The van der Waals surface area contributed by atoms with Crippen LogP contribution in [0.5, 0.6) is 0 Å². The van der Waals surface area contributed by atoms with Crippen molar-refractivity contribution in [2.24, 2.45) is 0 Å². The molecular weight excluding hydrogens is 294 g/mol. The molecule has 0 unspecified atom stereocenters. The molecule has 0 saturated carbocycles. The molecule has 1 amide bonds. The Balaban J connectivity index is 2.10. The van der Waals surface area contributed by atoms with Gasteiger partial charge in [-0.15, -0.1) is 0 Å². The molecule has 0 aromatic carbocycles. The standard InChI is InChI=1S/C13H27N3O4S/c1-3-16(21(2,18)19)10-4-7-15-13(17)11-20-12-5-8-14-9-6-12/h12,14H,3-11H2,1-2H3,(H,15,17). The third-order valence-electron chi connectivity index (χ3n) is 3.46. The molecule has 8 heteroatoms. The lowest BCUT2D eigenvalue weighted by molar-refractivity contribution is -0.128. The molecule has 0 spiro atoms. The van der Waals surface area contributed by atoms with Crippen LogP contribution in [-0.2, 0) is 19.6 Å². The number of hydrogen-bond donors (Lipinski definition) is 2. The lowest BCUT2D eigenvalue weighted by Gasteiger charge is -2.22. The Labute approximate surface area is 127 Å². The Morgan fingerprint density at radius 3 is 2.62 bits per heavy atom. The maximum Gasteiger partial charge on any atom is 0.246 e. The van der Waals surface area contributed by atoms with Gasteiger partial charge in [0.15, 0.2) is 0 Å². The van der Waals surface area contributed by atoms with Crippen LogP contribution in [0, 0.1) is 0 Å². The second kappa shape index (κ2) is 9.34. The normalized spacial score (nSPS) is 17.1. The Morgan fingerprint density at radius 2 is 2.05 bits per heavy atom. The average Bonchev–Trinajstić information content (AvgIpc) is 2.45. The molecule has 0 radical (unpaired) electrons. The minimum absolute atomic E-state index is 0.0776. The third-order valence-corrected chi connectivity index (χ3v) is 4.84. The van der Waals surface area contributed by atoms with Gasteiger partial charge in [-0.05, 0) is 32.4 Å². The van der Waals surface area contributed by atoms with Crippen LogP contribution in [0.1, 0.15) is 26.2 Å². The van der Waals surface area contributed by atoms with Crippen molar-refractivity contribution in [1.82, 2.24) is 14.9 Å². The number of nitrogens with zero attached hydrogens (tertiary/aromatic N) is 1. The number of carbonyl (C=O) groups is 1. The lowest BCUT2D eigenvalue weighted by Crippen LogP contribution is -2.37. The van der Waals surface area contributed by atoms with Gasteiger partial charge in [0.2, 0.25) is 15.9 Å². The van der Waals surface area contributed by atoms with Gasteiger partial charge in [0.05, 0.1) is 12.4 Å². The molecule has 1 aliphatic heterocycles. The van der Waals surface area contributed by atoms with E-state index >= 15 is 0 Å². The van der Waals surface area contributed by atoms with Crippen LogP contribution in [0.15, 0.2) is 0 Å². The molecule has 1 heterocycles. The second-order valence-corrected chi connectivity index (χ2v) is 7.20. The summed E-state index contributed by atoms with van der Waals surface area (Å²) in [4.78, 5) is 11.6. The number of hydrogen-bond acceptors (Lipinski definition) is 5. The molecule has 0 aromatic heterocycles. The molecule has 0 atom stereocenters. The zero-order valence-corrected chi connectivity index (χ0v) is 13.7. The fourth-order valence-corrected chi connectivity index (χ4v) is 3.18. The molecule has 1 saturated heterocycles. The Hall–Kier alpha value is -0.700. The van der Waals surface area contributed by atoms with E-state index in [1.807, 2.05) is 0 Å². The fraction of sp³-hybridized carbons (Fsp3) is 0.923. The van der Waals surface area contributed by atoms with Crippen LogP contribution in [0.25, 0.3) is 0 Å². The van der Waals surface area contributed by atoms with Gasteiger partial charge < -0.3 is 15.4 Å². The van der Waals surface area contributed by atoms with E-state index in [0.29, 0.717) is 26.1 Å². The maximum atomic E-state index is 11.6. The number of piperidine rings is 1. The SMILES string of the molecule is CCN(CCCNC(=O)COC1CCNCC1)S(C)(=O)=O. The van der Waals surface area contributed by atoms with Gasteiger partial charge in [0, 0.05) is 19.6 Å². The van der Waals surface area contributed by atoms with Crippen molar-refractivity contribution in [3.05, 3.63) is 0 Å². The molecule has 1 fully saturated rings. The molecule has 2 N–H and O–H groups in total. The number of amides is 1. The van der Waals surface area contributed by atoms with Gasteiger partial charge in [-0.2, -0.15) is 0 Å². The van der Waals surface area contributed by atoms with Gasteiger partial charge in [-0.1, -0.05) is 6.92 Å². The fourth-order valence-electron chi connectivity index (χ4n) is 2.25. The first kappa shape index (κ1) is 18.3. The molecule has 124 valence electrons. The highest BCUT2D eigenvalue weighted by Gasteiger charge is 2.15. The number of ether oxygens (including phenoxy) is 1. The first-order valence-electron chi connectivity index (χ1n) is 7.47. The van der Waals surface area contributed by atoms with Crippen LogP contribution >= 0.6 is 0 Å². The second-order valence-electron chi connectivity index (χ2n) is 5.22. The lowest BCUT2D eigenvalue weighted by atomic mass is 10.1. The summed E-state index contributed by atoms with van der Waals surface area (Å²) in [5.74, 6) is -0.143. The molecule has 0 bridgehead atoms. The van der Waals surface area contributed by atoms with Crippen molar-refractivity contribution in [3.8, 4) is 0 Å². The first-order valence-corrected chi connectivity index (χ1v) is 9.32. The van der Waals surface area contributed by atoms with Gasteiger partial charge in [-0.3, -0.25) is 4.79 Å². The van der Waals surface area contributed by atoms with Gasteiger partial charge >= 0.3 is 0 Å². The van der Waals surface area contributed by atoms with Crippen LogP contribution in [0.4, 0.5) is 0 Å². The molecule has 0 aliphatic carbocycles. The van der Waals surface area contributed by atoms with E-state index < -0.39 is 10.0 Å². The van der Waals surface area contributed by atoms with Crippen molar-refractivity contribution in [3.63, 3.8) is 0 Å². The predicted octanol–water partition coefficient (Wildman–Crippen LogP) is -0.457. The zero-order valence-electron chi connectivity index (χ0n) is 12.9. The van der Waals surface area contributed by atoms with Crippen LogP contribution in [-0.4, -0.2) is 70.3 Å². The van der Waals surface area contributed by atoms with E-state index in [1.165, 1.54) is 10.6 Å². The van der Waals surface area contributed by atoms with Crippen molar-refractivity contribution in [2.75, 3.05) is 45.6 Å². The summed E-state index contributed by atoms with van der Waals surface area (Å²) in [6.07, 6.45) is 3.83. The molecule has 0 aromatic rings. The Kier molecular flexibility index (Phi) is 8.16. The molecule has 7 nitrogen and oxygen atoms in total. The first-order chi connectivity index (χ1) is 9.93. The van der Waals surface area contributed by atoms with Crippen LogP contribution in [0.3, 0.4) is 0 Å². The van der Waals surface area contributed by atoms with Gasteiger partial charge in [0.1, 0.15) is 6.61 Å². The molecule has 1 aliphatic rings. The van der Waals surface area contributed by atoms with Crippen molar-refractivity contribution < 1.29 is 17.9 Å². The highest BCUT2D eigenvalue weighted by Crippen LogP contribution is 2.06. The predicted molar refractivity (Wildman–Crippen MR) is 81.6 cm³/mol. The highest BCUT2D eigenvalue weighted by atomic mass is 32.2. The van der Waals surface area contributed by atoms with Crippen molar-refractivity contribution >= 4 is 15.9 Å². The molecular formula is C13H27N3O4S. The summed E-state index contributed by atoms with van der Waals surface area (Å²) in [6.45, 7) is 5.08. The van der Waals surface area contributed by atoms with Crippen LogP contribution in [0.2, 0.25) is 0 Å². The average molecular weight is 321 g/mol. The number of sulfonamides is 1. The smallest absolute Gasteiger partial charge is 0.246 e. The van der Waals surface area contributed by atoms with E-state index in [2.05, 4.69) is 10.6 Å². The summed E-state index contributed by atoms with van der Waals surface area (Å²) in [5.41, 5.74) is 0. The number of nitrogens with one attached hydrogen (secondary N) is 2. The van der Waals surface area contributed by atoms with E-state index in [9.17, 15) is 13.2 Å². The topological polar surface area (TPSA) is 87.7 Å². The summed E-state index contributed by atoms with van der Waals surface area (Å²) in [5, 5.41) is 5.99. The van der Waals surface area contributed by atoms with E-state index in [4.69, 9.17) is 4.74 Å². The molecule has 21 heavy (non-hydrogen) atoms. The van der Waals surface area contributed by atoms with Crippen molar-refractivity contribution in [2.45, 2.75) is 32.3 Å². The number of rotatable bonds is 9. The Morgan fingerprint density at radius 1 is 1.38 bits per heavy atom. The largest absolute Gasteiger partial charge is 0.368 e. The van der Waals surface area contributed by atoms with Crippen molar-refractivity contribution in [1.29, 1.82) is 0 Å². The quantitative estimate of drug-likeness (QED) is 0.561. The molecule has 1 rings (SSSR count). The van der Waals surface area contributed by atoms with Gasteiger partial charge in [0.25, 0.3) is 0 Å². The maximum absolute atomic E-state index is 11.6. The summed E-state index contributed by atoms with van der Waals surface area (Å²) in [6, 6.07) is 0. The number of carbonyl (C=O) groups excluding carboxylic acids is 1. The van der Waals surface area contributed by atoms with Gasteiger partial charge in [-0.25, -0.2) is 12.7 Å². The summed E-state index contributed by atoms with van der Waals surface area (Å²) >= 11 is 0. The van der Waals surface area contributed by atoms with Crippen LogP contribution < -0.4 is 10.6 Å². The minimum Gasteiger partial charge on any atom is -0.368 e. The van der Waals surface area contributed by atoms with E-state index in [1.54, 1.807) is 6.92 Å². The Bertz CT molecular complexity index is 408. The third kappa shape index (κ3) is 7.75. The monoisotopic (exact) mass is 321 g/mol. The summed E-state index contributed by atoms with van der Waals surface area (Å²) in [7, 11) is -3.15. The van der Waals surface area contributed by atoms with E-state index in [0.717, 1.165) is 25.9 Å². The van der Waals surface area contributed by atoms with E-state index in [-0.39, 0.29) is 18.6 Å². The summed E-state index contributed by atoms with van der Waals surface area (Å²) < 4.78 is 29.7.